The Hall–Kier alpha value is -2.86. The highest BCUT2D eigenvalue weighted by molar-refractivity contribution is 6.31. The van der Waals surface area contributed by atoms with Crippen LogP contribution in [0.2, 0.25) is 5.02 Å². The minimum atomic E-state index is -1.19. The Morgan fingerprint density at radius 1 is 1.22 bits per heavy atom. The van der Waals surface area contributed by atoms with Crippen molar-refractivity contribution in [1.82, 2.24) is 15.4 Å². The van der Waals surface area contributed by atoms with E-state index in [1.54, 1.807) is 12.1 Å². The van der Waals surface area contributed by atoms with Crippen LogP contribution in [0.3, 0.4) is 0 Å². The fourth-order valence-corrected chi connectivity index (χ4v) is 2.22. The minimum Gasteiger partial charge on any atom is -0.476 e. The van der Waals surface area contributed by atoms with Crippen LogP contribution in [0.5, 0.6) is 11.6 Å². The fourth-order valence-electron chi connectivity index (χ4n) is 2.10. The number of nitrogens with one attached hydrogen (secondary N) is 1. The third-order valence-electron chi connectivity index (χ3n) is 3.27. The molecule has 6 nitrogen and oxygen atoms in total. The first-order valence-electron chi connectivity index (χ1n) is 6.73. The Morgan fingerprint density at radius 3 is 2.74 bits per heavy atom. The quantitative estimate of drug-likeness (QED) is 0.757. The van der Waals surface area contributed by atoms with Crippen molar-refractivity contribution in [2.75, 3.05) is 0 Å². The summed E-state index contributed by atoms with van der Waals surface area (Å²) in [5.41, 5.74) is 2.68. The predicted molar refractivity (Wildman–Crippen MR) is 85.0 cm³/mol. The second kappa shape index (κ2) is 6.10. The molecule has 0 fully saturated rings. The highest BCUT2D eigenvalue weighted by atomic mass is 35.5. The van der Waals surface area contributed by atoms with E-state index in [1.807, 2.05) is 37.3 Å². The monoisotopic (exact) mass is 329 g/mol. The summed E-state index contributed by atoms with van der Waals surface area (Å²) in [6.07, 6.45) is 0. The van der Waals surface area contributed by atoms with Crippen LogP contribution < -0.4 is 4.74 Å². The second-order valence-electron chi connectivity index (χ2n) is 4.89. The van der Waals surface area contributed by atoms with E-state index in [4.69, 9.17) is 21.4 Å². The van der Waals surface area contributed by atoms with E-state index < -0.39 is 5.97 Å². The van der Waals surface area contributed by atoms with Gasteiger partial charge in [-0.05, 0) is 47.9 Å². The van der Waals surface area contributed by atoms with Gasteiger partial charge in [-0.1, -0.05) is 40.1 Å². The average Bonchev–Trinajstić information content (AvgIpc) is 2.98. The number of ether oxygens (including phenoxy) is 1. The van der Waals surface area contributed by atoms with Crippen molar-refractivity contribution in [2.45, 2.75) is 6.92 Å². The number of aromatic nitrogens is 3. The molecule has 0 bridgehead atoms. The number of carbonyl (C=O) groups is 1. The number of rotatable bonds is 4. The van der Waals surface area contributed by atoms with Gasteiger partial charge in [0.2, 0.25) is 5.69 Å². The number of hydrogen-bond acceptors (Lipinski definition) is 4. The lowest BCUT2D eigenvalue weighted by Gasteiger charge is -2.07. The number of carboxylic acid groups (broad SMARTS) is 1. The molecule has 2 N–H and O–H groups in total. The molecule has 1 aromatic heterocycles. The normalized spacial score (nSPS) is 10.5. The number of nitrogens with zero attached hydrogens (tertiary/aromatic N) is 2. The molecular weight excluding hydrogens is 318 g/mol. The van der Waals surface area contributed by atoms with E-state index in [0.29, 0.717) is 10.8 Å². The zero-order chi connectivity index (χ0) is 16.4. The Balaban J connectivity index is 1.92. The van der Waals surface area contributed by atoms with Crippen molar-refractivity contribution >= 4 is 17.6 Å². The van der Waals surface area contributed by atoms with E-state index in [-0.39, 0.29) is 11.6 Å². The summed E-state index contributed by atoms with van der Waals surface area (Å²) in [7, 11) is 0. The van der Waals surface area contributed by atoms with E-state index in [2.05, 4.69) is 15.4 Å². The molecule has 0 saturated carbocycles. The summed E-state index contributed by atoms with van der Waals surface area (Å²) in [4.78, 5) is 11.0. The largest absolute Gasteiger partial charge is 0.476 e. The lowest BCUT2D eigenvalue weighted by molar-refractivity contribution is 0.0687. The number of benzene rings is 2. The molecule has 2 aromatic carbocycles. The number of H-pyrrole nitrogens is 1. The number of aromatic carboxylic acids is 1. The summed E-state index contributed by atoms with van der Waals surface area (Å²) < 4.78 is 5.52. The van der Waals surface area contributed by atoms with Crippen molar-refractivity contribution < 1.29 is 14.6 Å². The molecule has 0 aliphatic carbocycles. The summed E-state index contributed by atoms with van der Waals surface area (Å²) in [5, 5.41) is 19.1. The Labute approximate surface area is 136 Å². The predicted octanol–water partition coefficient (Wildman–Crippen LogP) is 3.92. The van der Waals surface area contributed by atoms with E-state index >= 15 is 0 Å². The SMILES string of the molecule is Cc1cc(-c2cccc(Oc3nn[nH]c3C(=O)O)c2)ccc1Cl. The van der Waals surface area contributed by atoms with Gasteiger partial charge in [-0.25, -0.2) is 9.89 Å². The molecular formula is C16H12ClN3O3. The van der Waals surface area contributed by atoms with E-state index in [0.717, 1.165) is 16.7 Å². The van der Waals surface area contributed by atoms with Crippen LogP contribution in [0.25, 0.3) is 11.1 Å². The van der Waals surface area contributed by atoms with Crippen LogP contribution in [0.4, 0.5) is 0 Å². The zero-order valence-corrected chi connectivity index (χ0v) is 12.8. The fraction of sp³-hybridized carbons (Fsp3) is 0.0625. The molecule has 23 heavy (non-hydrogen) atoms. The summed E-state index contributed by atoms with van der Waals surface area (Å²) in [6.45, 7) is 1.93. The van der Waals surface area contributed by atoms with Crippen LogP contribution in [0, 0.1) is 6.92 Å². The van der Waals surface area contributed by atoms with Gasteiger partial charge in [0.15, 0.2) is 0 Å². The molecule has 3 rings (SSSR count). The third-order valence-corrected chi connectivity index (χ3v) is 3.69. The molecule has 0 unspecified atom stereocenters. The summed E-state index contributed by atoms with van der Waals surface area (Å²) in [5.74, 6) is -0.803. The molecule has 3 aromatic rings. The van der Waals surface area contributed by atoms with Crippen LogP contribution in [-0.2, 0) is 0 Å². The van der Waals surface area contributed by atoms with Crippen LogP contribution in [-0.4, -0.2) is 26.5 Å². The van der Waals surface area contributed by atoms with Gasteiger partial charge in [0.05, 0.1) is 0 Å². The van der Waals surface area contributed by atoms with Crippen molar-refractivity contribution in [1.29, 1.82) is 0 Å². The topological polar surface area (TPSA) is 88.1 Å². The Morgan fingerprint density at radius 2 is 2.00 bits per heavy atom. The second-order valence-corrected chi connectivity index (χ2v) is 5.30. The molecule has 0 spiro atoms. The van der Waals surface area contributed by atoms with E-state index in [1.165, 1.54) is 0 Å². The van der Waals surface area contributed by atoms with Crippen molar-refractivity contribution in [3.8, 4) is 22.8 Å². The van der Waals surface area contributed by atoms with Gasteiger partial charge in [-0.15, -0.1) is 0 Å². The molecule has 0 atom stereocenters. The molecule has 0 amide bonds. The van der Waals surface area contributed by atoms with Gasteiger partial charge in [0, 0.05) is 5.02 Å². The average molecular weight is 330 g/mol. The van der Waals surface area contributed by atoms with Crippen LogP contribution >= 0.6 is 11.6 Å². The van der Waals surface area contributed by atoms with E-state index in [9.17, 15) is 4.79 Å². The summed E-state index contributed by atoms with van der Waals surface area (Å²) in [6, 6.07) is 13.0. The van der Waals surface area contributed by atoms with Crippen molar-refractivity contribution in [2.24, 2.45) is 0 Å². The number of carboxylic acids is 1. The van der Waals surface area contributed by atoms with Crippen molar-refractivity contribution in [3.63, 3.8) is 0 Å². The first-order valence-corrected chi connectivity index (χ1v) is 7.11. The highest BCUT2D eigenvalue weighted by Gasteiger charge is 2.16. The maximum Gasteiger partial charge on any atom is 0.359 e. The molecule has 0 aliphatic heterocycles. The first-order chi connectivity index (χ1) is 11.0. The Kier molecular flexibility index (Phi) is 3.99. The minimum absolute atomic E-state index is 0.0815. The molecule has 0 radical (unpaired) electrons. The lowest BCUT2D eigenvalue weighted by atomic mass is 10.0. The van der Waals surface area contributed by atoms with Gasteiger partial charge >= 0.3 is 5.97 Å². The number of aromatic amines is 1. The molecule has 0 aliphatic rings. The number of halogens is 1. The molecule has 116 valence electrons. The standard InChI is InChI=1S/C16H12ClN3O3/c1-9-7-11(5-6-13(9)17)10-3-2-4-12(8-10)23-15-14(16(21)22)18-20-19-15/h2-8H,1H3,(H,21,22)(H,18,19,20). The van der Waals surface area contributed by atoms with Gasteiger partial charge in [0.1, 0.15) is 5.75 Å². The number of aryl methyl sites for hydroxylation is 1. The van der Waals surface area contributed by atoms with Gasteiger partial charge in [0.25, 0.3) is 5.88 Å². The molecule has 7 heteroatoms. The van der Waals surface area contributed by atoms with Gasteiger partial charge in [-0.3, -0.25) is 0 Å². The first kappa shape index (κ1) is 15.1. The van der Waals surface area contributed by atoms with Gasteiger partial charge < -0.3 is 9.84 Å². The maximum atomic E-state index is 11.0. The van der Waals surface area contributed by atoms with Crippen molar-refractivity contribution in [3.05, 3.63) is 58.7 Å². The summed E-state index contributed by atoms with van der Waals surface area (Å²) >= 11 is 6.04. The lowest BCUT2D eigenvalue weighted by Crippen LogP contribution is -1.99. The Bertz CT molecular complexity index is 877. The third kappa shape index (κ3) is 3.17. The number of hydrogen-bond donors (Lipinski definition) is 2. The smallest absolute Gasteiger partial charge is 0.359 e. The van der Waals surface area contributed by atoms with Crippen LogP contribution in [0.1, 0.15) is 16.1 Å². The highest BCUT2D eigenvalue weighted by Crippen LogP contribution is 2.29. The molecule has 0 saturated heterocycles. The van der Waals surface area contributed by atoms with Crippen LogP contribution in [0.15, 0.2) is 42.5 Å². The maximum absolute atomic E-state index is 11.0. The molecule has 1 heterocycles. The van der Waals surface area contributed by atoms with Gasteiger partial charge in [-0.2, -0.15) is 0 Å². The zero-order valence-electron chi connectivity index (χ0n) is 12.1.